The number of nitrogens with one attached hydrogen (secondary N) is 1. The molecule has 0 saturated carbocycles. The van der Waals surface area contributed by atoms with Gasteiger partial charge in [-0.3, -0.25) is 10.1 Å². The number of nitrogens with zero attached hydrogens (tertiary/aromatic N) is 6. The third kappa shape index (κ3) is 3.25. The molecule has 0 spiro atoms. The van der Waals surface area contributed by atoms with E-state index in [1.165, 1.54) is 18.3 Å². The number of nitro groups is 1. The predicted molar refractivity (Wildman–Crippen MR) is 107 cm³/mol. The van der Waals surface area contributed by atoms with Crippen LogP contribution in [0.1, 0.15) is 18.9 Å². The minimum atomic E-state index is -0.446. The Morgan fingerprint density at radius 2 is 2.07 bits per heavy atom. The molecule has 0 aliphatic heterocycles. The van der Waals surface area contributed by atoms with Gasteiger partial charge in [0.1, 0.15) is 5.52 Å². The lowest BCUT2D eigenvalue weighted by Crippen LogP contribution is -2.03. The number of aryl methyl sites for hydroxylation is 1. The van der Waals surface area contributed by atoms with Crippen molar-refractivity contribution in [2.24, 2.45) is 5.10 Å². The van der Waals surface area contributed by atoms with Gasteiger partial charge in [-0.1, -0.05) is 37.3 Å². The highest BCUT2D eigenvalue weighted by molar-refractivity contribution is 6.04. The van der Waals surface area contributed by atoms with E-state index in [1.54, 1.807) is 12.1 Å². The molecule has 0 amide bonds. The van der Waals surface area contributed by atoms with Crippen LogP contribution in [0.25, 0.3) is 22.1 Å². The van der Waals surface area contributed by atoms with Gasteiger partial charge in [-0.15, -0.1) is 10.2 Å². The highest BCUT2D eigenvalue weighted by Gasteiger charge is 2.13. The second-order valence-electron chi connectivity index (χ2n) is 6.20. The van der Waals surface area contributed by atoms with Gasteiger partial charge < -0.3 is 4.57 Å². The Bertz CT molecular complexity index is 1200. The largest absolute Gasteiger partial charge is 0.324 e. The van der Waals surface area contributed by atoms with Crippen molar-refractivity contribution in [2.75, 3.05) is 5.43 Å². The molecule has 0 radical (unpaired) electrons. The molecule has 4 aromatic rings. The summed E-state index contributed by atoms with van der Waals surface area (Å²) in [6, 6.07) is 14.2. The van der Waals surface area contributed by atoms with Gasteiger partial charge in [-0.25, -0.2) is 5.43 Å². The average Bonchev–Trinajstić information content (AvgIpc) is 3.02. The fraction of sp³-hybridized carbons (Fsp3) is 0.158. The molecular formula is C19H17N7O2. The normalized spacial score (nSPS) is 11.5. The summed E-state index contributed by atoms with van der Waals surface area (Å²) in [5.41, 5.74) is 5.91. The first-order valence-corrected chi connectivity index (χ1v) is 8.82. The van der Waals surface area contributed by atoms with Crippen molar-refractivity contribution >= 4 is 39.9 Å². The number of non-ortho nitro benzene ring substituents is 1. The Morgan fingerprint density at radius 1 is 1.21 bits per heavy atom. The van der Waals surface area contributed by atoms with E-state index in [0.717, 1.165) is 35.0 Å². The van der Waals surface area contributed by atoms with Gasteiger partial charge in [-0.05, 0) is 12.5 Å². The van der Waals surface area contributed by atoms with Crippen molar-refractivity contribution in [2.45, 2.75) is 19.9 Å². The number of anilines is 1. The van der Waals surface area contributed by atoms with Crippen LogP contribution in [0.3, 0.4) is 0 Å². The monoisotopic (exact) mass is 375 g/mol. The molecule has 2 aromatic heterocycles. The molecule has 9 heteroatoms. The number of nitro benzene ring substituents is 1. The van der Waals surface area contributed by atoms with Gasteiger partial charge in [0.15, 0.2) is 5.65 Å². The number of para-hydroxylation sites is 1. The predicted octanol–water partition coefficient (Wildman–Crippen LogP) is 3.74. The number of rotatable bonds is 6. The van der Waals surface area contributed by atoms with Crippen molar-refractivity contribution in [3.63, 3.8) is 0 Å². The fourth-order valence-corrected chi connectivity index (χ4v) is 3.08. The SMILES string of the molecule is CCCn1c2ccccc2c2nnc(N/N=C/c3cccc([N+](=O)[O-])c3)nc21. The number of hydrogen-bond donors (Lipinski definition) is 1. The van der Waals surface area contributed by atoms with Crippen molar-refractivity contribution in [1.29, 1.82) is 0 Å². The van der Waals surface area contributed by atoms with E-state index in [-0.39, 0.29) is 11.6 Å². The number of hydrogen-bond acceptors (Lipinski definition) is 7. The maximum absolute atomic E-state index is 10.8. The van der Waals surface area contributed by atoms with Gasteiger partial charge in [-0.2, -0.15) is 10.1 Å². The molecule has 0 saturated heterocycles. The first-order valence-electron chi connectivity index (χ1n) is 8.82. The van der Waals surface area contributed by atoms with Crippen molar-refractivity contribution in [1.82, 2.24) is 19.7 Å². The molecule has 9 nitrogen and oxygen atoms in total. The molecule has 140 valence electrons. The Hall–Kier alpha value is -3.88. The Morgan fingerprint density at radius 3 is 2.89 bits per heavy atom. The van der Waals surface area contributed by atoms with Crippen LogP contribution in [-0.2, 0) is 6.54 Å². The minimum Gasteiger partial charge on any atom is -0.324 e. The van der Waals surface area contributed by atoms with Gasteiger partial charge in [0.25, 0.3) is 11.6 Å². The number of benzene rings is 2. The van der Waals surface area contributed by atoms with Crippen molar-refractivity contribution < 1.29 is 4.92 Å². The van der Waals surface area contributed by atoms with Crippen LogP contribution in [-0.4, -0.2) is 30.9 Å². The Labute approximate surface area is 159 Å². The summed E-state index contributed by atoms with van der Waals surface area (Å²) in [5, 5.41) is 24.4. The summed E-state index contributed by atoms with van der Waals surface area (Å²) in [7, 11) is 0. The Kier molecular flexibility index (Phi) is 4.63. The summed E-state index contributed by atoms with van der Waals surface area (Å²) in [5.74, 6) is 0.259. The number of fused-ring (bicyclic) bond motifs is 3. The number of aromatic nitrogens is 4. The average molecular weight is 375 g/mol. The smallest absolute Gasteiger partial charge is 0.270 e. The van der Waals surface area contributed by atoms with Crippen molar-refractivity contribution in [3.8, 4) is 0 Å². The molecule has 0 aliphatic carbocycles. The highest BCUT2D eigenvalue weighted by atomic mass is 16.6. The maximum Gasteiger partial charge on any atom is 0.270 e. The standard InChI is InChI=1S/C19H17N7O2/c1-2-10-25-16-9-4-3-8-15(16)17-18(25)21-19(24-22-17)23-20-12-13-6-5-7-14(11-13)26(27)28/h3-9,11-12H,2,10H2,1H3,(H,21,23,24)/b20-12+. The zero-order valence-electron chi connectivity index (χ0n) is 15.1. The van der Waals surface area contributed by atoms with Crippen LogP contribution in [0.4, 0.5) is 11.6 Å². The molecular weight excluding hydrogens is 358 g/mol. The summed E-state index contributed by atoms with van der Waals surface area (Å²) >= 11 is 0. The molecule has 2 heterocycles. The van der Waals surface area contributed by atoms with Crippen molar-refractivity contribution in [3.05, 3.63) is 64.2 Å². The first-order chi connectivity index (χ1) is 13.7. The lowest BCUT2D eigenvalue weighted by atomic mass is 10.2. The molecule has 2 aromatic carbocycles. The molecule has 0 fully saturated rings. The van der Waals surface area contributed by atoms with E-state index in [0.29, 0.717) is 5.56 Å². The highest BCUT2D eigenvalue weighted by Crippen LogP contribution is 2.26. The van der Waals surface area contributed by atoms with Crippen LogP contribution in [0.15, 0.2) is 53.6 Å². The summed E-state index contributed by atoms with van der Waals surface area (Å²) in [6.07, 6.45) is 2.44. The molecule has 4 rings (SSSR count). The second kappa shape index (κ2) is 7.39. The third-order valence-electron chi connectivity index (χ3n) is 4.28. The fourth-order valence-electron chi connectivity index (χ4n) is 3.08. The van der Waals surface area contributed by atoms with E-state index >= 15 is 0 Å². The van der Waals surface area contributed by atoms with E-state index < -0.39 is 4.92 Å². The topological polar surface area (TPSA) is 111 Å². The van der Waals surface area contributed by atoms with Gasteiger partial charge in [0.05, 0.1) is 16.7 Å². The zero-order valence-corrected chi connectivity index (χ0v) is 15.1. The van der Waals surface area contributed by atoms with E-state index in [2.05, 4.69) is 37.2 Å². The van der Waals surface area contributed by atoms with Gasteiger partial charge in [0, 0.05) is 29.6 Å². The van der Waals surface area contributed by atoms with Crippen LogP contribution in [0.2, 0.25) is 0 Å². The molecule has 0 bridgehead atoms. The van der Waals surface area contributed by atoms with Gasteiger partial charge >= 0.3 is 0 Å². The molecule has 0 aliphatic rings. The van der Waals surface area contributed by atoms with E-state index in [4.69, 9.17) is 0 Å². The second-order valence-corrected chi connectivity index (χ2v) is 6.20. The van der Waals surface area contributed by atoms with Crippen LogP contribution in [0.5, 0.6) is 0 Å². The first kappa shape index (κ1) is 17.5. The lowest BCUT2D eigenvalue weighted by molar-refractivity contribution is -0.384. The number of hydrazone groups is 1. The molecule has 28 heavy (non-hydrogen) atoms. The molecule has 0 unspecified atom stereocenters. The summed E-state index contributed by atoms with van der Waals surface area (Å²) in [4.78, 5) is 15.0. The Balaban J connectivity index is 1.64. The van der Waals surface area contributed by atoms with Crippen LogP contribution in [0, 0.1) is 10.1 Å². The van der Waals surface area contributed by atoms with Crippen LogP contribution < -0.4 is 5.43 Å². The lowest BCUT2D eigenvalue weighted by Gasteiger charge is -2.04. The molecule has 1 N–H and O–H groups in total. The zero-order chi connectivity index (χ0) is 19.5. The summed E-state index contributed by atoms with van der Waals surface area (Å²) in [6.45, 7) is 2.93. The van der Waals surface area contributed by atoms with Gasteiger partial charge in [0.2, 0.25) is 0 Å². The van der Waals surface area contributed by atoms with E-state index in [9.17, 15) is 10.1 Å². The quantitative estimate of drug-likeness (QED) is 0.312. The maximum atomic E-state index is 10.8. The summed E-state index contributed by atoms with van der Waals surface area (Å²) < 4.78 is 2.12. The van der Waals surface area contributed by atoms with Crippen LogP contribution >= 0.6 is 0 Å². The van der Waals surface area contributed by atoms with E-state index in [1.807, 2.05) is 24.3 Å². The third-order valence-corrected chi connectivity index (χ3v) is 4.28. The molecule has 0 atom stereocenters. The minimum absolute atomic E-state index is 0.00682.